The second-order valence-electron chi connectivity index (χ2n) is 2.04. The number of halogens is 4. The van der Waals surface area contributed by atoms with Gasteiger partial charge < -0.3 is 5.73 Å². The highest BCUT2D eigenvalue weighted by atomic mass is 35.5. The van der Waals surface area contributed by atoms with Crippen molar-refractivity contribution in [2.45, 2.75) is 6.43 Å². The third-order valence-corrected chi connectivity index (χ3v) is 1.82. The Morgan fingerprint density at radius 3 is 2.50 bits per heavy atom. The Hall–Kier alpha value is -0.610. The molecule has 0 atom stereocenters. The summed E-state index contributed by atoms with van der Waals surface area (Å²) in [5, 5.41) is -0.332. The number of aromatic nitrogens is 1. The van der Waals surface area contributed by atoms with E-state index in [4.69, 9.17) is 28.9 Å². The van der Waals surface area contributed by atoms with E-state index in [-0.39, 0.29) is 16.0 Å². The minimum atomic E-state index is -2.69. The lowest BCUT2D eigenvalue weighted by atomic mass is 10.3. The van der Waals surface area contributed by atoms with E-state index >= 15 is 0 Å². The highest BCUT2D eigenvalue weighted by molar-refractivity contribution is 6.34. The van der Waals surface area contributed by atoms with Gasteiger partial charge in [0, 0.05) is 0 Å². The second kappa shape index (κ2) is 3.41. The fourth-order valence-corrected chi connectivity index (χ4v) is 1.03. The molecule has 12 heavy (non-hydrogen) atoms. The Morgan fingerprint density at radius 2 is 2.00 bits per heavy atom. The van der Waals surface area contributed by atoms with Gasteiger partial charge >= 0.3 is 0 Å². The zero-order valence-electron chi connectivity index (χ0n) is 5.69. The number of nitrogen functional groups attached to an aromatic ring is 1. The monoisotopic (exact) mass is 212 g/mol. The van der Waals surface area contributed by atoms with Crippen LogP contribution < -0.4 is 5.73 Å². The van der Waals surface area contributed by atoms with Gasteiger partial charge in [-0.15, -0.1) is 0 Å². The quantitative estimate of drug-likeness (QED) is 0.728. The molecule has 0 amide bonds. The molecule has 2 nitrogen and oxygen atoms in total. The molecule has 1 aromatic rings. The van der Waals surface area contributed by atoms with E-state index in [1.54, 1.807) is 0 Å². The maximum absolute atomic E-state index is 12.1. The summed E-state index contributed by atoms with van der Waals surface area (Å²) in [6.45, 7) is 0. The van der Waals surface area contributed by atoms with Crippen LogP contribution in [0.1, 0.15) is 12.0 Å². The molecule has 6 heteroatoms. The number of pyridine rings is 1. The van der Waals surface area contributed by atoms with Gasteiger partial charge in [-0.3, -0.25) is 0 Å². The van der Waals surface area contributed by atoms with Gasteiger partial charge in [0.2, 0.25) is 0 Å². The summed E-state index contributed by atoms with van der Waals surface area (Å²) in [6.07, 6.45) is -2.69. The number of nitrogens with zero attached hydrogens (tertiary/aromatic N) is 1. The summed E-state index contributed by atoms with van der Waals surface area (Å²) >= 11 is 10.8. The van der Waals surface area contributed by atoms with Crippen LogP contribution in [0.5, 0.6) is 0 Å². The van der Waals surface area contributed by atoms with Crippen molar-refractivity contribution in [1.29, 1.82) is 0 Å². The summed E-state index contributed by atoms with van der Waals surface area (Å²) in [5.41, 5.74) is 4.81. The largest absolute Gasteiger partial charge is 0.382 e. The van der Waals surface area contributed by atoms with Crippen molar-refractivity contribution in [2.24, 2.45) is 0 Å². The molecule has 0 saturated heterocycles. The molecule has 1 rings (SSSR count). The summed E-state index contributed by atoms with van der Waals surface area (Å²) in [7, 11) is 0. The molecule has 0 aliphatic carbocycles. The predicted octanol–water partition coefficient (Wildman–Crippen LogP) is 2.91. The van der Waals surface area contributed by atoms with E-state index in [1.807, 2.05) is 0 Å². The fraction of sp³-hybridized carbons (Fsp3) is 0.167. The zero-order chi connectivity index (χ0) is 9.30. The van der Waals surface area contributed by atoms with E-state index in [9.17, 15) is 8.78 Å². The maximum Gasteiger partial charge on any atom is 0.266 e. The SMILES string of the molecule is Nc1nc(Cl)c(C(F)F)cc1Cl. The standard InChI is InChI=1S/C6H4Cl2F2N2/c7-3-1-2(5(9)10)4(8)12-6(3)11/h1,5H,(H2,11,12). The average molecular weight is 213 g/mol. The van der Waals surface area contributed by atoms with Crippen LogP contribution in [0.4, 0.5) is 14.6 Å². The third-order valence-electron chi connectivity index (χ3n) is 1.22. The van der Waals surface area contributed by atoms with E-state index in [0.29, 0.717) is 0 Å². The predicted molar refractivity (Wildman–Crippen MR) is 43.6 cm³/mol. The number of anilines is 1. The summed E-state index contributed by atoms with van der Waals surface area (Å²) < 4.78 is 24.2. The molecule has 0 spiro atoms. The fourth-order valence-electron chi connectivity index (χ4n) is 0.647. The Labute approximate surface area is 77.3 Å². The smallest absolute Gasteiger partial charge is 0.266 e. The molecule has 0 unspecified atom stereocenters. The molecule has 66 valence electrons. The minimum Gasteiger partial charge on any atom is -0.382 e. The Bertz CT molecular complexity index is 304. The first-order valence-corrected chi connectivity index (χ1v) is 3.67. The molecular weight excluding hydrogens is 209 g/mol. The molecule has 0 radical (unpaired) electrons. The molecule has 0 bridgehead atoms. The summed E-state index contributed by atoms with van der Waals surface area (Å²) in [4.78, 5) is 3.43. The van der Waals surface area contributed by atoms with Crippen LogP contribution >= 0.6 is 23.2 Å². The van der Waals surface area contributed by atoms with Crippen molar-refractivity contribution < 1.29 is 8.78 Å². The van der Waals surface area contributed by atoms with Crippen molar-refractivity contribution in [3.05, 3.63) is 21.8 Å². The van der Waals surface area contributed by atoms with Crippen molar-refractivity contribution in [3.8, 4) is 0 Å². The van der Waals surface area contributed by atoms with Gasteiger partial charge in [0.15, 0.2) is 0 Å². The number of hydrogen-bond donors (Lipinski definition) is 1. The number of alkyl halides is 2. The van der Waals surface area contributed by atoms with E-state index in [0.717, 1.165) is 6.07 Å². The number of nitrogens with two attached hydrogens (primary N) is 1. The molecule has 0 fully saturated rings. The number of rotatable bonds is 1. The second-order valence-corrected chi connectivity index (χ2v) is 2.80. The van der Waals surface area contributed by atoms with Crippen LogP contribution in [0.2, 0.25) is 10.2 Å². The van der Waals surface area contributed by atoms with Crippen LogP contribution in [0.25, 0.3) is 0 Å². The van der Waals surface area contributed by atoms with Crippen molar-refractivity contribution in [2.75, 3.05) is 5.73 Å². The van der Waals surface area contributed by atoms with E-state index in [2.05, 4.69) is 4.98 Å². The van der Waals surface area contributed by atoms with Crippen LogP contribution in [0.15, 0.2) is 6.07 Å². The molecule has 0 aliphatic heterocycles. The van der Waals surface area contributed by atoms with Crippen molar-refractivity contribution in [1.82, 2.24) is 4.98 Å². The van der Waals surface area contributed by atoms with Crippen LogP contribution in [-0.4, -0.2) is 4.98 Å². The Balaban J connectivity index is 3.23. The molecule has 1 heterocycles. The molecular formula is C6H4Cl2F2N2. The van der Waals surface area contributed by atoms with E-state index < -0.39 is 12.0 Å². The van der Waals surface area contributed by atoms with Crippen molar-refractivity contribution in [3.63, 3.8) is 0 Å². The normalized spacial score (nSPS) is 10.8. The topological polar surface area (TPSA) is 38.9 Å². The van der Waals surface area contributed by atoms with Gasteiger partial charge in [-0.2, -0.15) is 0 Å². The lowest BCUT2D eigenvalue weighted by Gasteiger charge is -2.03. The lowest BCUT2D eigenvalue weighted by molar-refractivity contribution is 0.151. The molecule has 0 aromatic carbocycles. The first-order valence-electron chi connectivity index (χ1n) is 2.92. The average Bonchev–Trinajstić information content (AvgIpc) is 1.96. The molecule has 0 saturated carbocycles. The van der Waals surface area contributed by atoms with Gasteiger partial charge in [0.1, 0.15) is 11.0 Å². The summed E-state index contributed by atoms with van der Waals surface area (Å²) in [6, 6.07) is 1.01. The molecule has 0 aliphatic rings. The minimum absolute atomic E-state index is 0.0188. The van der Waals surface area contributed by atoms with Gasteiger partial charge in [-0.05, 0) is 6.07 Å². The summed E-state index contributed by atoms with van der Waals surface area (Å²) in [5.74, 6) is -0.0499. The first-order chi connectivity index (χ1) is 5.52. The maximum atomic E-state index is 12.1. The zero-order valence-corrected chi connectivity index (χ0v) is 7.20. The molecule has 1 aromatic heterocycles. The van der Waals surface area contributed by atoms with Crippen LogP contribution in [0.3, 0.4) is 0 Å². The third kappa shape index (κ3) is 1.76. The Morgan fingerprint density at radius 1 is 1.42 bits per heavy atom. The van der Waals surface area contributed by atoms with Gasteiger partial charge in [-0.25, -0.2) is 13.8 Å². The van der Waals surface area contributed by atoms with Crippen LogP contribution in [-0.2, 0) is 0 Å². The van der Waals surface area contributed by atoms with E-state index in [1.165, 1.54) is 0 Å². The van der Waals surface area contributed by atoms with Gasteiger partial charge in [0.05, 0.1) is 10.6 Å². The number of hydrogen-bond acceptors (Lipinski definition) is 2. The van der Waals surface area contributed by atoms with Crippen LogP contribution in [0, 0.1) is 0 Å². The lowest BCUT2D eigenvalue weighted by Crippen LogP contribution is -1.96. The highest BCUT2D eigenvalue weighted by Gasteiger charge is 2.15. The first kappa shape index (κ1) is 9.48. The van der Waals surface area contributed by atoms with Gasteiger partial charge in [0.25, 0.3) is 6.43 Å². The van der Waals surface area contributed by atoms with Gasteiger partial charge in [-0.1, -0.05) is 23.2 Å². The highest BCUT2D eigenvalue weighted by Crippen LogP contribution is 2.30. The molecule has 2 N–H and O–H groups in total. The Kier molecular flexibility index (Phi) is 2.69. The van der Waals surface area contributed by atoms with Crippen molar-refractivity contribution >= 4 is 29.0 Å².